The zero-order valence-corrected chi connectivity index (χ0v) is 19.5. The van der Waals surface area contributed by atoms with E-state index in [4.69, 9.17) is 19.2 Å². The van der Waals surface area contributed by atoms with Gasteiger partial charge in [0, 0.05) is 32.2 Å². The van der Waals surface area contributed by atoms with Crippen LogP contribution >= 0.6 is 0 Å². The summed E-state index contributed by atoms with van der Waals surface area (Å²) in [6.45, 7) is 8.98. The average Bonchev–Trinajstić information content (AvgIpc) is 3.22. The predicted octanol–water partition coefficient (Wildman–Crippen LogP) is 1.73. The van der Waals surface area contributed by atoms with Gasteiger partial charge in [0.2, 0.25) is 0 Å². The lowest BCUT2D eigenvalue weighted by Gasteiger charge is -2.34. The van der Waals surface area contributed by atoms with Crippen LogP contribution in [-0.2, 0) is 4.74 Å². The Bertz CT molecular complexity index is 708. The first-order valence-corrected chi connectivity index (χ1v) is 11.4. The van der Waals surface area contributed by atoms with Crippen molar-refractivity contribution in [3.05, 3.63) is 23.8 Å². The van der Waals surface area contributed by atoms with Gasteiger partial charge in [-0.05, 0) is 51.1 Å². The van der Waals surface area contributed by atoms with Gasteiger partial charge in [-0.15, -0.1) is 0 Å². The van der Waals surface area contributed by atoms with Crippen LogP contribution in [-0.4, -0.2) is 95.6 Å². The lowest BCUT2D eigenvalue weighted by atomic mass is 10.0. The second-order valence-corrected chi connectivity index (χ2v) is 8.16. The summed E-state index contributed by atoms with van der Waals surface area (Å²) in [4.78, 5) is 9.85. The fourth-order valence-corrected chi connectivity index (χ4v) is 4.35. The summed E-state index contributed by atoms with van der Waals surface area (Å²) in [5.74, 6) is 2.37. The van der Waals surface area contributed by atoms with Crippen molar-refractivity contribution in [2.75, 3.05) is 73.7 Å². The van der Waals surface area contributed by atoms with Gasteiger partial charge in [0.05, 0.1) is 40.0 Å². The number of likely N-dealkylation sites (N-methyl/N-ethyl adjacent to an activating group) is 1. The number of hydrogen-bond acceptors (Lipinski definition) is 6. The lowest BCUT2D eigenvalue weighted by molar-refractivity contribution is 0.0179. The maximum absolute atomic E-state index is 5.59. The fraction of sp³-hybridized carbons (Fsp3) is 0.696. The zero-order chi connectivity index (χ0) is 22.1. The summed E-state index contributed by atoms with van der Waals surface area (Å²) >= 11 is 0. The van der Waals surface area contributed by atoms with E-state index < -0.39 is 0 Å². The fourth-order valence-electron chi connectivity index (χ4n) is 4.35. The highest BCUT2D eigenvalue weighted by molar-refractivity contribution is 5.79. The largest absolute Gasteiger partial charge is 0.493 e. The minimum absolute atomic E-state index is 0.147. The van der Waals surface area contributed by atoms with E-state index in [2.05, 4.69) is 46.5 Å². The molecule has 0 aromatic heterocycles. The molecule has 1 aromatic rings. The third-order valence-electron chi connectivity index (χ3n) is 6.22. The minimum Gasteiger partial charge on any atom is -0.493 e. The molecule has 2 aliphatic rings. The molecular weight excluding hydrogens is 394 g/mol. The van der Waals surface area contributed by atoms with E-state index >= 15 is 0 Å². The highest BCUT2D eigenvalue weighted by atomic mass is 16.5. The molecule has 2 unspecified atom stereocenters. The van der Waals surface area contributed by atoms with Crippen LogP contribution in [0.15, 0.2) is 23.2 Å². The first-order chi connectivity index (χ1) is 15.2. The zero-order valence-electron chi connectivity index (χ0n) is 19.5. The second-order valence-electron chi connectivity index (χ2n) is 8.16. The summed E-state index contributed by atoms with van der Waals surface area (Å²) in [5.41, 5.74) is 1.18. The number of benzene rings is 1. The molecule has 31 heavy (non-hydrogen) atoms. The summed E-state index contributed by atoms with van der Waals surface area (Å²) in [7, 11) is 5.54. The molecule has 2 N–H and O–H groups in total. The number of rotatable bonds is 9. The lowest BCUT2D eigenvalue weighted by Crippen LogP contribution is -2.45. The molecule has 0 amide bonds. The normalized spacial score (nSPS) is 21.7. The molecule has 0 spiro atoms. The maximum atomic E-state index is 5.59. The predicted molar refractivity (Wildman–Crippen MR) is 124 cm³/mol. The van der Waals surface area contributed by atoms with Gasteiger partial charge in [0.1, 0.15) is 0 Å². The van der Waals surface area contributed by atoms with Gasteiger partial charge in [-0.1, -0.05) is 6.07 Å². The Kier molecular flexibility index (Phi) is 9.24. The molecule has 3 rings (SSSR count). The van der Waals surface area contributed by atoms with E-state index in [9.17, 15) is 0 Å². The number of likely N-dealkylation sites (tertiary alicyclic amines) is 1. The van der Waals surface area contributed by atoms with Crippen molar-refractivity contribution >= 4 is 5.96 Å². The summed E-state index contributed by atoms with van der Waals surface area (Å²) < 4.78 is 16.6. The van der Waals surface area contributed by atoms with Crippen LogP contribution in [0.2, 0.25) is 0 Å². The van der Waals surface area contributed by atoms with Gasteiger partial charge in [-0.25, -0.2) is 0 Å². The Balaban J connectivity index is 1.76. The molecule has 2 heterocycles. The number of ether oxygens (including phenoxy) is 3. The SMILES string of the molecule is CCNC(=NCC(c1ccc(OC)c(OC)c1)N1CCOCC1)NCC1CCCN1C. The molecule has 2 saturated heterocycles. The molecular formula is C23H39N5O3. The Hall–Kier alpha value is -2.03. The van der Waals surface area contributed by atoms with Crippen molar-refractivity contribution in [3.8, 4) is 11.5 Å². The second kappa shape index (κ2) is 12.1. The van der Waals surface area contributed by atoms with Crippen molar-refractivity contribution in [1.29, 1.82) is 0 Å². The smallest absolute Gasteiger partial charge is 0.191 e. The molecule has 0 saturated carbocycles. The number of hydrogen-bond donors (Lipinski definition) is 2. The van der Waals surface area contributed by atoms with Crippen LogP contribution in [0.3, 0.4) is 0 Å². The number of nitrogens with one attached hydrogen (secondary N) is 2. The van der Waals surface area contributed by atoms with Crippen molar-refractivity contribution in [2.45, 2.75) is 31.8 Å². The summed E-state index contributed by atoms with van der Waals surface area (Å²) in [6.07, 6.45) is 2.51. The van der Waals surface area contributed by atoms with E-state index in [0.717, 1.165) is 56.9 Å². The van der Waals surface area contributed by atoms with Crippen LogP contribution in [0, 0.1) is 0 Å². The van der Waals surface area contributed by atoms with Crippen molar-refractivity contribution in [1.82, 2.24) is 20.4 Å². The Labute approximate surface area is 186 Å². The molecule has 174 valence electrons. The van der Waals surface area contributed by atoms with Gasteiger partial charge in [-0.3, -0.25) is 9.89 Å². The number of guanidine groups is 1. The van der Waals surface area contributed by atoms with Crippen molar-refractivity contribution in [2.24, 2.45) is 4.99 Å². The van der Waals surface area contributed by atoms with E-state index in [-0.39, 0.29) is 6.04 Å². The van der Waals surface area contributed by atoms with E-state index in [1.165, 1.54) is 24.9 Å². The number of methoxy groups -OCH3 is 2. The highest BCUT2D eigenvalue weighted by Crippen LogP contribution is 2.32. The monoisotopic (exact) mass is 433 g/mol. The van der Waals surface area contributed by atoms with E-state index in [0.29, 0.717) is 12.6 Å². The molecule has 0 radical (unpaired) electrons. The molecule has 1 aromatic carbocycles. The van der Waals surface area contributed by atoms with Gasteiger partial charge >= 0.3 is 0 Å². The highest BCUT2D eigenvalue weighted by Gasteiger charge is 2.24. The summed E-state index contributed by atoms with van der Waals surface area (Å²) in [5, 5.41) is 6.96. The van der Waals surface area contributed by atoms with E-state index in [1.54, 1.807) is 14.2 Å². The molecule has 0 bridgehead atoms. The van der Waals surface area contributed by atoms with E-state index in [1.807, 2.05) is 6.07 Å². The third-order valence-corrected chi connectivity index (χ3v) is 6.22. The molecule has 8 nitrogen and oxygen atoms in total. The van der Waals surface area contributed by atoms with Gasteiger partial charge in [0.15, 0.2) is 17.5 Å². The van der Waals surface area contributed by atoms with Crippen LogP contribution < -0.4 is 20.1 Å². The number of aliphatic imine (C=N–C) groups is 1. The third kappa shape index (κ3) is 6.48. The molecule has 0 aliphatic carbocycles. The molecule has 2 atom stereocenters. The minimum atomic E-state index is 0.147. The Morgan fingerprint density at radius 1 is 1.16 bits per heavy atom. The standard InChI is InChI=1S/C23H39N5O3/c1-5-24-23(25-16-19-7-6-10-27(19)2)26-17-20(28-11-13-31-14-12-28)18-8-9-21(29-3)22(15-18)30-4/h8-9,15,19-20H,5-7,10-14,16-17H2,1-4H3,(H2,24,25,26). The topological polar surface area (TPSA) is 70.6 Å². The van der Waals surface area contributed by atoms with Crippen molar-refractivity contribution in [3.63, 3.8) is 0 Å². The molecule has 2 fully saturated rings. The van der Waals surface area contributed by atoms with Gasteiger partial charge in [0.25, 0.3) is 0 Å². The van der Waals surface area contributed by atoms with Crippen LogP contribution in [0.5, 0.6) is 11.5 Å². The van der Waals surface area contributed by atoms with Crippen LogP contribution in [0.25, 0.3) is 0 Å². The first kappa shape index (κ1) is 23.6. The van der Waals surface area contributed by atoms with Gasteiger partial charge in [-0.2, -0.15) is 0 Å². The summed E-state index contributed by atoms with van der Waals surface area (Å²) in [6, 6.07) is 6.88. The molecule has 8 heteroatoms. The number of morpholine rings is 1. The van der Waals surface area contributed by atoms with Crippen LogP contribution in [0.4, 0.5) is 0 Å². The molecule has 2 aliphatic heterocycles. The quantitative estimate of drug-likeness (QED) is 0.454. The maximum Gasteiger partial charge on any atom is 0.191 e. The van der Waals surface area contributed by atoms with Crippen molar-refractivity contribution < 1.29 is 14.2 Å². The Morgan fingerprint density at radius 2 is 1.94 bits per heavy atom. The number of nitrogens with zero attached hydrogens (tertiary/aromatic N) is 3. The first-order valence-electron chi connectivity index (χ1n) is 11.4. The van der Waals surface area contributed by atoms with Gasteiger partial charge < -0.3 is 29.7 Å². The van der Waals surface area contributed by atoms with Crippen LogP contribution in [0.1, 0.15) is 31.4 Å². The average molecular weight is 434 g/mol. The Morgan fingerprint density at radius 3 is 2.58 bits per heavy atom.